The number of carbonyl (C=O) groups is 2. The predicted molar refractivity (Wildman–Crippen MR) is 58.1 cm³/mol. The SMILES string of the molecule is CC(=O)[C@H]1C(=O)N[C@@H]1[C@H]1COC2(CCCC2)O1. The zero-order chi connectivity index (χ0) is 12.0. The molecule has 2 heterocycles. The Morgan fingerprint density at radius 3 is 2.71 bits per heavy atom. The van der Waals surface area contributed by atoms with Gasteiger partial charge in [-0.3, -0.25) is 9.59 Å². The number of hydrogen-bond acceptors (Lipinski definition) is 4. The summed E-state index contributed by atoms with van der Waals surface area (Å²) >= 11 is 0. The molecule has 94 valence electrons. The van der Waals surface area contributed by atoms with Crippen molar-refractivity contribution in [3.8, 4) is 0 Å². The average Bonchev–Trinajstić information content (AvgIpc) is 2.85. The topological polar surface area (TPSA) is 64.6 Å². The highest BCUT2D eigenvalue weighted by atomic mass is 16.7. The molecular weight excluding hydrogens is 222 g/mol. The Hall–Kier alpha value is -0.940. The maximum Gasteiger partial charge on any atom is 0.233 e. The molecule has 1 amide bonds. The van der Waals surface area contributed by atoms with Gasteiger partial charge in [0, 0.05) is 12.8 Å². The molecule has 0 aromatic carbocycles. The van der Waals surface area contributed by atoms with Crippen LogP contribution in [0, 0.1) is 5.92 Å². The van der Waals surface area contributed by atoms with Crippen molar-refractivity contribution in [3.63, 3.8) is 0 Å². The number of carbonyl (C=O) groups excluding carboxylic acids is 2. The Labute approximate surface area is 99.8 Å². The summed E-state index contributed by atoms with van der Waals surface area (Å²) < 4.78 is 11.7. The fraction of sp³-hybridized carbons (Fsp3) is 0.833. The number of β-lactam (4-membered cyclic amide) rings is 1. The van der Waals surface area contributed by atoms with E-state index in [-0.39, 0.29) is 23.8 Å². The number of amides is 1. The van der Waals surface area contributed by atoms with Crippen LogP contribution in [0.25, 0.3) is 0 Å². The second-order valence-electron chi connectivity index (χ2n) is 5.21. The minimum absolute atomic E-state index is 0.0882. The number of Topliss-reactive ketones (excluding diaryl/α,β-unsaturated/α-hetero) is 1. The molecule has 3 fully saturated rings. The van der Waals surface area contributed by atoms with Gasteiger partial charge in [0.15, 0.2) is 5.79 Å². The first-order chi connectivity index (χ1) is 8.11. The molecule has 3 aliphatic rings. The van der Waals surface area contributed by atoms with Gasteiger partial charge in [-0.05, 0) is 19.8 Å². The lowest BCUT2D eigenvalue weighted by Gasteiger charge is -2.38. The first kappa shape index (κ1) is 11.2. The molecule has 5 nitrogen and oxygen atoms in total. The molecule has 1 N–H and O–H groups in total. The van der Waals surface area contributed by atoms with Gasteiger partial charge in [-0.25, -0.2) is 0 Å². The lowest BCUT2D eigenvalue weighted by molar-refractivity contribution is -0.174. The highest BCUT2D eigenvalue weighted by molar-refractivity contribution is 6.05. The minimum atomic E-state index is -0.542. The van der Waals surface area contributed by atoms with Gasteiger partial charge in [-0.1, -0.05) is 0 Å². The molecule has 17 heavy (non-hydrogen) atoms. The van der Waals surface area contributed by atoms with Gasteiger partial charge in [-0.15, -0.1) is 0 Å². The Morgan fingerprint density at radius 2 is 2.12 bits per heavy atom. The normalized spacial score (nSPS) is 39.1. The van der Waals surface area contributed by atoms with Crippen LogP contribution in [-0.4, -0.2) is 36.2 Å². The van der Waals surface area contributed by atoms with Crippen LogP contribution >= 0.6 is 0 Å². The Bertz CT molecular complexity index is 354. The molecule has 0 bridgehead atoms. The monoisotopic (exact) mass is 239 g/mol. The maximum absolute atomic E-state index is 11.4. The highest BCUT2D eigenvalue weighted by Crippen LogP contribution is 2.41. The van der Waals surface area contributed by atoms with E-state index in [1.807, 2.05) is 0 Å². The van der Waals surface area contributed by atoms with Crippen molar-refractivity contribution in [3.05, 3.63) is 0 Å². The van der Waals surface area contributed by atoms with Gasteiger partial charge in [0.25, 0.3) is 0 Å². The summed E-state index contributed by atoms with van der Waals surface area (Å²) in [5, 5.41) is 2.76. The summed E-state index contributed by atoms with van der Waals surface area (Å²) in [6, 6.07) is -0.194. The molecule has 1 saturated carbocycles. The lowest BCUT2D eigenvalue weighted by Crippen LogP contribution is -2.66. The van der Waals surface area contributed by atoms with Crippen molar-refractivity contribution < 1.29 is 19.1 Å². The van der Waals surface area contributed by atoms with Crippen molar-refractivity contribution in [2.45, 2.75) is 50.5 Å². The molecule has 3 rings (SSSR count). The summed E-state index contributed by atoms with van der Waals surface area (Å²) in [6.07, 6.45) is 3.93. The van der Waals surface area contributed by atoms with E-state index in [1.165, 1.54) is 6.92 Å². The van der Waals surface area contributed by atoms with Crippen molar-refractivity contribution in [1.82, 2.24) is 5.32 Å². The molecule has 0 aromatic rings. The van der Waals surface area contributed by atoms with E-state index in [0.717, 1.165) is 25.7 Å². The van der Waals surface area contributed by atoms with Crippen LogP contribution < -0.4 is 5.32 Å². The van der Waals surface area contributed by atoms with E-state index in [9.17, 15) is 9.59 Å². The van der Waals surface area contributed by atoms with Crippen LogP contribution in [0.3, 0.4) is 0 Å². The van der Waals surface area contributed by atoms with Crippen LogP contribution in [0.1, 0.15) is 32.6 Å². The molecule has 1 aliphatic carbocycles. The van der Waals surface area contributed by atoms with E-state index < -0.39 is 11.7 Å². The Morgan fingerprint density at radius 1 is 1.41 bits per heavy atom. The number of rotatable bonds is 2. The van der Waals surface area contributed by atoms with Crippen molar-refractivity contribution >= 4 is 11.7 Å². The van der Waals surface area contributed by atoms with E-state index >= 15 is 0 Å². The first-order valence-electron chi connectivity index (χ1n) is 6.24. The summed E-state index contributed by atoms with van der Waals surface area (Å²) in [5.74, 6) is -1.24. The molecule has 0 unspecified atom stereocenters. The number of ketones is 1. The van der Waals surface area contributed by atoms with Crippen molar-refractivity contribution in [1.29, 1.82) is 0 Å². The summed E-state index contributed by atoms with van der Waals surface area (Å²) in [7, 11) is 0. The molecule has 3 atom stereocenters. The van der Waals surface area contributed by atoms with E-state index in [0.29, 0.717) is 6.61 Å². The molecule has 0 radical (unpaired) electrons. The third-order valence-electron chi connectivity index (χ3n) is 4.03. The van der Waals surface area contributed by atoms with Crippen LogP contribution in [0.4, 0.5) is 0 Å². The maximum atomic E-state index is 11.4. The standard InChI is InChI=1S/C12H17NO4/c1-7(14)9-10(13-11(9)15)8-6-16-12(17-8)4-2-3-5-12/h8-10H,2-6H2,1H3,(H,13,15)/t8-,9-,10-/m1/s1. The molecule has 0 aromatic heterocycles. The van der Waals surface area contributed by atoms with Gasteiger partial charge < -0.3 is 14.8 Å². The van der Waals surface area contributed by atoms with Gasteiger partial charge in [-0.2, -0.15) is 0 Å². The fourth-order valence-corrected chi connectivity index (χ4v) is 3.08. The molecule has 5 heteroatoms. The van der Waals surface area contributed by atoms with Crippen molar-refractivity contribution in [2.24, 2.45) is 5.92 Å². The smallest absolute Gasteiger partial charge is 0.233 e. The number of ether oxygens (including phenoxy) is 2. The number of hydrogen-bond donors (Lipinski definition) is 1. The predicted octanol–water partition coefficient (Wildman–Crippen LogP) is 0.376. The fourth-order valence-electron chi connectivity index (χ4n) is 3.08. The summed E-state index contributed by atoms with van der Waals surface area (Å²) in [5.41, 5.74) is 0. The van der Waals surface area contributed by atoms with Gasteiger partial charge in [0.05, 0.1) is 12.6 Å². The van der Waals surface area contributed by atoms with Crippen LogP contribution in [-0.2, 0) is 19.1 Å². The van der Waals surface area contributed by atoms with Crippen LogP contribution in [0.15, 0.2) is 0 Å². The van der Waals surface area contributed by atoms with Crippen molar-refractivity contribution in [2.75, 3.05) is 6.61 Å². The second kappa shape index (κ2) is 3.78. The van der Waals surface area contributed by atoms with E-state index in [1.54, 1.807) is 0 Å². The Kier molecular flexibility index (Phi) is 2.48. The highest BCUT2D eigenvalue weighted by Gasteiger charge is 2.53. The summed E-state index contributed by atoms with van der Waals surface area (Å²) in [4.78, 5) is 22.7. The van der Waals surface area contributed by atoms with E-state index in [4.69, 9.17) is 9.47 Å². The third kappa shape index (κ3) is 1.68. The second-order valence-corrected chi connectivity index (χ2v) is 5.21. The average molecular weight is 239 g/mol. The number of nitrogens with one attached hydrogen (secondary N) is 1. The minimum Gasteiger partial charge on any atom is -0.349 e. The van der Waals surface area contributed by atoms with Crippen LogP contribution in [0.2, 0.25) is 0 Å². The van der Waals surface area contributed by atoms with Crippen LogP contribution in [0.5, 0.6) is 0 Å². The molecule has 2 aliphatic heterocycles. The summed E-state index contributed by atoms with van der Waals surface area (Å²) in [6.45, 7) is 1.94. The quantitative estimate of drug-likeness (QED) is 0.559. The van der Waals surface area contributed by atoms with Gasteiger partial charge >= 0.3 is 0 Å². The molecule has 2 saturated heterocycles. The van der Waals surface area contributed by atoms with Gasteiger partial charge in [0.2, 0.25) is 5.91 Å². The zero-order valence-corrected chi connectivity index (χ0v) is 9.90. The first-order valence-corrected chi connectivity index (χ1v) is 6.24. The third-order valence-corrected chi connectivity index (χ3v) is 4.03. The van der Waals surface area contributed by atoms with E-state index in [2.05, 4.69) is 5.32 Å². The molecule has 1 spiro atoms. The molecular formula is C12H17NO4. The van der Waals surface area contributed by atoms with Gasteiger partial charge in [0.1, 0.15) is 17.8 Å². The Balaban J connectivity index is 1.67. The lowest BCUT2D eigenvalue weighted by atomic mass is 9.84. The largest absolute Gasteiger partial charge is 0.349 e. The zero-order valence-electron chi connectivity index (χ0n) is 9.90.